The molecular formula is C27H26Br2N2O7S. The summed E-state index contributed by atoms with van der Waals surface area (Å²) in [4.78, 5) is 32.3. The molecule has 12 heteroatoms. The number of hydrogen-bond acceptors (Lipinski definition) is 9. The number of nitrogens with zero attached hydrogens (tertiary/aromatic N) is 2. The minimum absolute atomic E-state index is 0.173. The summed E-state index contributed by atoms with van der Waals surface area (Å²) < 4.78 is 30.5. The minimum atomic E-state index is -0.832. The molecule has 4 rings (SSSR count). The summed E-state index contributed by atoms with van der Waals surface area (Å²) in [5.74, 6) is 1.52. The fourth-order valence-corrected chi connectivity index (χ4v) is 6.40. The zero-order chi connectivity index (χ0) is 28.4. The molecule has 0 amide bonds. The Morgan fingerprint density at radius 3 is 2.23 bits per heavy atom. The van der Waals surface area contributed by atoms with Crippen LogP contribution in [-0.2, 0) is 9.53 Å². The topological polar surface area (TPSA) is 97.6 Å². The van der Waals surface area contributed by atoms with Crippen molar-refractivity contribution in [2.75, 3.05) is 35.0 Å². The highest BCUT2D eigenvalue weighted by molar-refractivity contribution is 9.10. The normalized spacial score (nSPS) is 15.0. The second kappa shape index (κ2) is 12.0. The van der Waals surface area contributed by atoms with Gasteiger partial charge in [-0.15, -0.1) is 0 Å². The first-order chi connectivity index (χ1) is 18.7. The summed E-state index contributed by atoms with van der Waals surface area (Å²) in [7, 11) is 6.17. The number of fused-ring (bicyclic) bond motifs is 1. The quantitative estimate of drug-likeness (QED) is 0.326. The SMILES string of the molecule is CCOC(=O)C1=C(C)N=c2s/c(=C\c3cc(Br)c(OC)cc3OC)c(=O)n2[C@H]1c1cc(OC)c(OC)cc1Br. The average Bonchev–Trinajstić information content (AvgIpc) is 3.22. The highest BCUT2D eigenvalue weighted by Gasteiger charge is 2.35. The summed E-state index contributed by atoms with van der Waals surface area (Å²) in [5, 5.41) is 0. The molecule has 2 aromatic carbocycles. The first-order valence-corrected chi connectivity index (χ1v) is 14.1. The van der Waals surface area contributed by atoms with E-state index in [0.29, 0.717) is 58.1 Å². The largest absolute Gasteiger partial charge is 0.496 e. The van der Waals surface area contributed by atoms with Crippen LogP contribution >= 0.6 is 43.2 Å². The molecule has 0 saturated carbocycles. The Hall–Kier alpha value is -3.09. The third-order valence-electron chi connectivity index (χ3n) is 6.11. The van der Waals surface area contributed by atoms with Gasteiger partial charge in [0.1, 0.15) is 11.5 Å². The lowest BCUT2D eigenvalue weighted by atomic mass is 9.95. The van der Waals surface area contributed by atoms with Gasteiger partial charge in [0.15, 0.2) is 16.3 Å². The van der Waals surface area contributed by atoms with Crippen molar-refractivity contribution in [2.45, 2.75) is 19.9 Å². The molecule has 0 spiro atoms. The van der Waals surface area contributed by atoms with E-state index in [4.69, 9.17) is 23.7 Å². The standard InChI is InChI=1S/C27H26Br2N2O7S/c1-7-38-26(33)23-13(2)30-27-31(24(23)15-10-20(36-5)21(37-6)11-16(15)28)25(32)22(39-27)9-14-8-17(29)19(35-4)12-18(14)34-3/h8-12,24H,7H2,1-6H3/b22-9-/t24-/m0/s1. The van der Waals surface area contributed by atoms with E-state index in [0.717, 1.165) is 0 Å². The van der Waals surface area contributed by atoms with Gasteiger partial charge in [0.05, 0.1) is 61.4 Å². The number of carbonyl (C=O) groups excluding carboxylic acids is 1. The fourth-order valence-electron chi connectivity index (χ4n) is 4.30. The van der Waals surface area contributed by atoms with Crippen LogP contribution < -0.4 is 33.8 Å². The lowest BCUT2D eigenvalue weighted by Gasteiger charge is -2.26. The third-order valence-corrected chi connectivity index (χ3v) is 8.39. The van der Waals surface area contributed by atoms with Crippen LogP contribution in [0.25, 0.3) is 6.08 Å². The van der Waals surface area contributed by atoms with Crippen molar-refractivity contribution in [3.8, 4) is 23.0 Å². The molecule has 1 aromatic heterocycles. The monoisotopic (exact) mass is 680 g/mol. The van der Waals surface area contributed by atoms with Crippen molar-refractivity contribution in [2.24, 2.45) is 4.99 Å². The third kappa shape index (κ3) is 5.37. The van der Waals surface area contributed by atoms with Gasteiger partial charge in [-0.25, -0.2) is 9.79 Å². The first kappa shape index (κ1) is 28.9. The number of rotatable bonds is 8. The van der Waals surface area contributed by atoms with Gasteiger partial charge < -0.3 is 23.7 Å². The average molecular weight is 682 g/mol. The van der Waals surface area contributed by atoms with Crippen molar-refractivity contribution in [1.82, 2.24) is 4.57 Å². The Morgan fingerprint density at radius 1 is 0.974 bits per heavy atom. The van der Waals surface area contributed by atoms with E-state index in [1.165, 1.54) is 30.1 Å². The van der Waals surface area contributed by atoms with Crippen LogP contribution in [0.15, 0.2) is 54.3 Å². The first-order valence-electron chi connectivity index (χ1n) is 11.7. The highest BCUT2D eigenvalue weighted by atomic mass is 79.9. The Morgan fingerprint density at radius 2 is 1.62 bits per heavy atom. The maximum atomic E-state index is 14.0. The van der Waals surface area contributed by atoms with Gasteiger partial charge in [-0.1, -0.05) is 27.3 Å². The minimum Gasteiger partial charge on any atom is -0.496 e. The van der Waals surface area contributed by atoms with Crippen LogP contribution in [0, 0.1) is 0 Å². The molecule has 0 unspecified atom stereocenters. The van der Waals surface area contributed by atoms with E-state index in [9.17, 15) is 9.59 Å². The van der Waals surface area contributed by atoms with Gasteiger partial charge in [-0.2, -0.15) is 0 Å². The molecule has 1 atom stereocenters. The number of allylic oxidation sites excluding steroid dienone is 1. The van der Waals surface area contributed by atoms with E-state index < -0.39 is 12.0 Å². The molecule has 1 aliphatic heterocycles. The molecule has 39 heavy (non-hydrogen) atoms. The summed E-state index contributed by atoms with van der Waals surface area (Å²) in [6, 6.07) is 6.20. The molecule has 0 N–H and O–H groups in total. The van der Waals surface area contributed by atoms with Crippen molar-refractivity contribution in [1.29, 1.82) is 0 Å². The molecular weight excluding hydrogens is 656 g/mol. The summed E-state index contributed by atoms with van der Waals surface area (Å²) in [6.45, 7) is 3.63. The number of thiazole rings is 1. The predicted octanol–water partition coefficient (Wildman–Crippen LogP) is 4.36. The predicted molar refractivity (Wildman–Crippen MR) is 155 cm³/mol. The van der Waals surface area contributed by atoms with Crippen LogP contribution in [0.1, 0.15) is 31.0 Å². The number of hydrogen-bond donors (Lipinski definition) is 0. The van der Waals surface area contributed by atoms with Gasteiger partial charge in [0.25, 0.3) is 5.56 Å². The fraction of sp³-hybridized carbons (Fsp3) is 0.296. The van der Waals surface area contributed by atoms with E-state index in [2.05, 4.69) is 36.9 Å². The Labute approximate surface area is 245 Å². The zero-order valence-corrected chi connectivity index (χ0v) is 26.1. The van der Waals surface area contributed by atoms with Gasteiger partial charge in [-0.3, -0.25) is 9.36 Å². The molecule has 0 fully saturated rings. The van der Waals surface area contributed by atoms with Gasteiger partial charge in [0.2, 0.25) is 0 Å². The van der Waals surface area contributed by atoms with Gasteiger partial charge >= 0.3 is 5.97 Å². The van der Waals surface area contributed by atoms with E-state index in [1.54, 1.807) is 52.3 Å². The Bertz CT molecular complexity index is 1660. The molecule has 3 aromatic rings. The molecule has 9 nitrogen and oxygen atoms in total. The Kier molecular flexibility index (Phi) is 8.87. The van der Waals surface area contributed by atoms with E-state index >= 15 is 0 Å². The lowest BCUT2D eigenvalue weighted by molar-refractivity contribution is -0.139. The van der Waals surface area contributed by atoms with E-state index in [-0.39, 0.29) is 17.7 Å². The van der Waals surface area contributed by atoms with Crippen LogP contribution in [-0.4, -0.2) is 45.6 Å². The molecule has 0 saturated heterocycles. The van der Waals surface area contributed by atoms with Crippen molar-refractivity contribution in [3.63, 3.8) is 0 Å². The number of carbonyl (C=O) groups is 1. The zero-order valence-electron chi connectivity index (χ0n) is 22.1. The molecule has 0 radical (unpaired) electrons. The van der Waals surface area contributed by atoms with Crippen molar-refractivity contribution >= 4 is 55.2 Å². The second-order valence-electron chi connectivity index (χ2n) is 8.26. The smallest absolute Gasteiger partial charge is 0.338 e. The molecule has 0 bridgehead atoms. The summed E-state index contributed by atoms with van der Waals surface area (Å²) >= 11 is 8.31. The summed E-state index contributed by atoms with van der Waals surface area (Å²) in [6.07, 6.45) is 1.73. The van der Waals surface area contributed by atoms with Gasteiger partial charge in [-0.05, 0) is 59.6 Å². The van der Waals surface area contributed by atoms with Crippen LogP contribution in [0.2, 0.25) is 0 Å². The van der Waals surface area contributed by atoms with Crippen molar-refractivity contribution < 1.29 is 28.5 Å². The maximum Gasteiger partial charge on any atom is 0.338 e. The molecule has 0 aliphatic carbocycles. The van der Waals surface area contributed by atoms with Crippen LogP contribution in [0.3, 0.4) is 0 Å². The summed E-state index contributed by atoms with van der Waals surface area (Å²) in [5.41, 5.74) is 1.67. The Balaban J connectivity index is 2.02. The number of aromatic nitrogens is 1. The number of esters is 1. The number of methoxy groups -OCH3 is 4. The number of benzene rings is 2. The number of ether oxygens (including phenoxy) is 5. The molecule has 206 valence electrons. The van der Waals surface area contributed by atoms with Gasteiger partial charge in [0, 0.05) is 16.1 Å². The second-order valence-corrected chi connectivity index (χ2v) is 11.0. The molecule has 1 aliphatic rings. The lowest BCUT2D eigenvalue weighted by Crippen LogP contribution is -2.40. The highest BCUT2D eigenvalue weighted by Crippen LogP contribution is 2.41. The number of halogens is 2. The molecule has 2 heterocycles. The van der Waals surface area contributed by atoms with Crippen LogP contribution in [0.4, 0.5) is 0 Å². The van der Waals surface area contributed by atoms with E-state index in [1.807, 2.05) is 6.07 Å². The van der Waals surface area contributed by atoms with Crippen LogP contribution in [0.5, 0.6) is 23.0 Å². The maximum absolute atomic E-state index is 14.0. The van der Waals surface area contributed by atoms with Crippen molar-refractivity contribution in [3.05, 3.63) is 75.3 Å².